The van der Waals surface area contributed by atoms with Gasteiger partial charge >= 0.3 is 17.9 Å². The first kappa shape index (κ1) is 41.6. The fourth-order valence-corrected chi connectivity index (χ4v) is 10.1. The number of ether oxygens (including phenoxy) is 4. The number of fused-ring (bicyclic) bond motifs is 5. The van der Waals surface area contributed by atoms with Crippen LogP contribution in [-0.2, 0) is 33.3 Å². The van der Waals surface area contributed by atoms with E-state index in [9.17, 15) is 44.4 Å². The summed E-state index contributed by atoms with van der Waals surface area (Å²) < 4.78 is 24.1. The lowest BCUT2D eigenvalue weighted by atomic mass is 9.44. The highest BCUT2D eigenvalue weighted by Crippen LogP contribution is 2.64. The second kappa shape index (κ2) is 14.4. The van der Waals surface area contributed by atoms with Crippen molar-refractivity contribution < 1.29 is 63.3 Å². The molecular weight excluding hydrogens is 747 g/mol. The predicted octanol–water partition coefficient (Wildman–Crippen LogP) is 2.90. The summed E-state index contributed by atoms with van der Waals surface area (Å²) in [5, 5.41) is 55.0. The number of thiophene rings is 1. The number of benzene rings is 1. The molecule has 14 nitrogen and oxygen atoms in total. The number of ketones is 1. The van der Waals surface area contributed by atoms with Crippen LogP contribution in [0.4, 0.5) is 0 Å². The van der Waals surface area contributed by atoms with Crippen molar-refractivity contribution in [1.29, 1.82) is 0 Å². The molecule has 2 saturated carbocycles. The Labute approximate surface area is 329 Å². The number of esters is 3. The van der Waals surface area contributed by atoms with E-state index in [1.807, 2.05) is 0 Å². The first-order valence-electron chi connectivity index (χ1n) is 18.6. The molecule has 6 rings (SSSR count). The lowest BCUT2D eigenvalue weighted by Crippen LogP contribution is -2.81. The van der Waals surface area contributed by atoms with Gasteiger partial charge in [0.25, 0.3) is 5.91 Å². The van der Waals surface area contributed by atoms with E-state index in [1.54, 1.807) is 69.6 Å². The van der Waals surface area contributed by atoms with Gasteiger partial charge in [-0.15, -0.1) is 0 Å². The molecule has 1 aromatic carbocycles. The topological polar surface area (TPSA) is 215 Å². The minimum atomic E-state index is -2.32. The average Bonchev–Trinajstić information content (AvgIpc) is 3.67. The number of carbonyl (C=O) groups excluding carboxylic acids is 5. The van der Waals surface area contributed by atoms with Crippen LogP contribution in [0.5, 0.6) is 0 Å². The number of amides is 1. The Balaban J connectivity index is 1.49. The molecule has 1 amide bonds. The zero-order valence-electron chi connectivity index (χ0n) is 32.7. The van der Waals surface area contributed by atoms with Gasteiger partial charge < -0.3 is 44.7 Å². The van der Waals surface area contributed by atoms with Crippen LogP contribution in [0.25, 0.3) is 0 Å². The summed E-state index contributed by atoms with van der Waals surface area (Å²) in [4.78, 5) is 68.9. The molecule has 1 aromatic heterocycles. The lowest BCUT2D eigenvalue weighted by molar-refractivity contribution is -0.346. The summed E-state index contributed by atoms with van der Waals surface area (Å²) in [5.74, 6) is -5.75. The van der Waals surface area contributed by atoms with Crippen LogP contribution >= 0.6 is 11.3 Å². The highest BCUT2D eigenvalue weighted by Gasteiger charge is 2.78. The van der Waals surface area contributed by atoms with Crippen molar-refractivity contribution in [3.8, 4) is 0 Å². The molecule has 2 heterocycles. The van der Waals surface area contributed by atoms with Crippen molar-refractivity contribution in [3.63, 3.8) is 0 Å². The number of carbonyl (C=O) groups is 5. The summed E-state index contributed by atoms with van der Waals surface area (Å²) in [6, 6.07) is 8.34. The van der Waals surface area contributed by atoms with Crippen molar-refractivity contribution in [2.24, 2.45) is 22.2 Å². The molecule has 0 radical (unpaired) electrons. The second-order valence-corrected chi connectivity index (χ2v) is 18.1. The van der Waals surface area contributed by atoms with Gasteiger partial charge in [-0.25, -0.2) is 9.59 Å². The monoisotopic (exact) mass is 797 g/mol. The molecule has 15 heteroatoms. The molecule has 3 aliphatic carbocycles. The van der Waals surface area contributed by atoms with Crippen LogP contribution in [-0.4, -0.2) is 110 Å². The van der Waals surface area contributed by atoms with E-state index in [2.05, 4.69) is 5.32 Å². The highest BCUT2D eigenvalue weighted by molar-refractivity contribution is 7.08. The van der Waals surface area contributed by atoms with E-state index in [0.717, 1.165) is 6.92 Å². The number of nitrogens with one attached hydrogen (secondary N) is 1. The van der Waals surface area contributed by atoms with Gasteiger partial charge in [-0.1, -0.05) is 52.8 Å². The molecule has 1 saturated heterocycles. The summed E-state index contributed by atoms with van der Waals surface area (Å²) in [6.07, 6.45) is -10.3. The first-order chi connectivity index (χ1) is 26.0. The van der Waals surface area contributed by atoms with Gasteiger partial charge in [0, 0.05) is 36.1 Å². The van der Waals surface area contributed by atoms with Gasteiger partial charge in [-0.05, 0) is 54.0 Å². The predicted molar refractivity (Wildman–Crippen MR) is 200 cm³/mol. The smallest absolute Gasteiger partial charge is 0.338 e. The maximum Gasteiger partial charge on any atom is 0.338 e. The maximum absolute atomic E-state index is 14.9. The van der Waals surface area contributed by atoms with E-state index >= 15 is 0 Å². The molecule has 1 unspecified atom stereocenters. The number of rotatable bonds is 8. The van der Waals surface area contributed by atoms with E-state index in [-0.39, 0.29) is 29.7 Å². The third kappa shape index (κ3) is 6.49. The summed E-state index contributed by atoms with van der Waals surface area (Å²) in [6.45, 7) is 12.1. The van der Waals surface area contributed by atoms with Gasteiger partial charge in [0.05, 0.1) is 35.6 Å². The molecule has 5 N–H and O–H groups in total. The fourth-order valence-electron chi connectivity index (χ4n) is 9.51. The minimum absolute atomic E-state index is 0.0390. The number of aliphatic hydroxyl groups excluding tert-OH is 3. The van der Waals surface area contributed by atoms with Crippen molar-refractivity contribution >= 4 is 40.9 Å². The maximum atomic E-state index is 14.9. The average molecular weight is 798 g/mol. The molecule has 11 atom stereocenters. The fraction of sp³-hybridized carbons (Fsp3) is 0.585. The van der Waals surface area contributed by atoms with Gasteiger partial charge in [0.2, 0.25) is 0 Å². The molecule has 1 aliphatic heterocycles. The van der Waals surface area contributed by atoms with E-state index in [1.165, 1.54) is 37.3 Å². The van der Waals surface area contributed by atoms with Crippen LogP contribution in [0.2, 0.25) is 0 Å². The van der Waals surface area contributed by atoms with Gasteiger partial charge in [0.15, 0.2) is 17.5 Å². The molecule has 3 fully saturated rings. The van der Waals surface area contributed by atoms with E-state index in [0.29, 0.717) is 5.56 Å². The third-order valence-electron chi connectivity index (χ3n) is 12.7. The van der Waals surface area contributed by atoms with Gasteiger partial charge in [0.1, 0.15) is 30.0 Å². The Morgan fingerprint density at radius 1 is 1.02 bits per heavy atom. The quantitative estimate of drug-likeness (QED) is 0.148. The van der Waals surface area contributed by atoms with Crippen LogP contribution in [0.1, 0.15) is 88.9 Å². The van der Waals surface area contributed by atoms with Gasteiger partial charge in [-0.2, -0.15) is 11.3 Å². The number of Topliss-reactive ketones (excluding diaryl/α,β-unsaturated/α-hetero) is 1. The van der Waals surface area contributed by atoms with Crippen LogP contribution in [0, 0.1) is 22.2 Å². The number of aliphatic hydroxyl groups is 4. The van der Waals surface area contributed by atoms with Crippen molar-refractivity contribution in [3.05, 3.63) is 69.4 Å². The lowest BCUT2D eigenvalue weighted by Gasteiger charge is -2.67. The normalized spacial score (nSPS) is 34.6. The van der Waals surface area contributed by atoms with Crippen LogP contribution in [0.3, 0.4) is 0 Å². The van der Waals surface area contributed by atoms with E-state index in [4.69, 9.17) is 18.9 Å². The Kier molecular flexibility index (Phi) is 10.7. The van der Waals surface area contributed by atoms with E-state index < -0.39 is 112 Å². The zero-order chi connectivity index (χ0) is 41.3. The molecule has 0 spiro atoms. The molecule has 2 bridgehead atoms. The second-order valence-electron chi connectivity index (χ2n) is 17.4. The van der Waals surface area contributed by atoms with Crippen molar-refractivity contribution in [2.45, 2.75) is 122 Å². The summed E-state index contributed by atoms with van der Waals surface area (Å²) in [5.41, 5.74) is -7.92. The molecular formula is C41H51NO13S. The highest BCUT2D eigenvalue weighted by atomic mass is 32.1. The third-order valence-corrected chi connectivity index (χ3v) is 13.4. The first-order valence-corrected chi connectivity index (χ1v) is 19.6. The van der Waals surface area contributed by atoms with Crippen LogP contribution in [0.15, 0.2) is 58.3 Å². The number of hydrogen-bond acceptors (Lipinski definition) is 14. The zero-order valence-corrected chi connectivity index (χ0v) is 33.5. The van der Waals surface area contributed by atoms with Gasteiger partial charge in [-0.3, -0.25) is 14.4 Å². The van der Waals surface area contributed by atoms with Crippen molar-refractivity contribution in [2.75, 3.05) is 6.61 Å². The van der Waals surface area contributed by atoms with Crippen LogP contribution < -0.4 is 5.32 Å². The Hall–Kier alpha value is -3.99. The largest absolute Gasteiger partial charge is 0.456 e. The molecule has 2 aromatic rings. The standard InChI is InChI=1S/C41H51NO13S/c1-20-24(53-36(50)29(46)31(37(3,4)5)42-34(48)23-14-15-56-18-23)17-41(51)33(54-35(49)22-12-10-9-11-13-22)30-39(8,32(47)28(45)27(20)38(41,6)7)25(44)16-26-40(30,19-52-26)55-21(2)43/h9-15,18,24-26,28-31,33,44-46,51H,16-17,19H2,1-8H3,(H,42,48)/t24-,25-,26?,28+,29+,30-,31+,33-,39+,40-,41+/m0/s1. The van der Waals surface area contributed by atoms with Crippen molar-refractivity contribution in [1.82, 2.24) is 5.32 Å². The summed E-state index contributed by atoms with van der Waals surface area (Å²) in [7, 11) is 0. The molecule has 304 valence electrons. The minimum Gasteiger partial charge on any atom is -0.456 e. The number of hydrogen-bond donors (Lipinski definition) is 5. The summed E-state index contributed by atoms with van der Waals surface area (Å²) >= 11 is 1.30. The Morgan fingerprint density at radius 2 is 1.68 bits per heavy atom. The molecule has 4 aliphatic rings. The Morgan fingerprint density at radius 3 is 2.23 bits per heavy atom. The Bertz CT molecular complexity index is 1920. The SMILES string of the molecule is CC(=O)O[C@@]12COC1C[C@H](O)[C@@]1(C)C(=O)[C@H](O)C3=C(C)[C@@H](OC(=O)[C@H](O)[C@@H](NC(=O)c4ccsc4)C(C)(C)C)C[C@@](O)([C@@H](OC(=O)c4ccccc4)[C@@H]12)C3(C)C. The molecule has 56 heavy (non-hydrogen) atoms.